The molecule has 4 unspecified atom stereocenters. The Hall–Kier alpha value is -3.58. The first-order valence-electron chi connectivity index (χ1n) is 10.8. The molecule has 1 aromatic carbocycles. The van der Waals surface area contributed by atoms with Gasteiger partial charge in [-0.25, -0.2) is 9.67 Å². The zero-order valence-corrected chi connectivity index (χ0v) is 18.6. The van der Waals surface area contributed by atoms with Gasteiger partial charge in [0.1, 0.15) is 24.1 Å². The van der Waals surface area contributed by atoms with E-state index in [0.29, 0.717) is 23.5 Å². The van der Waals surface area contributed by atoms with E-state index in [2.05, 4.69) is 25.4 Å². The number of aliphatic hydroxyl groups is 3. The normalized spacial score (nSPS) is 22.4. The Bertz CT molecular complexity index is 1290. The molecule has 0 bridgehead atoms. The summed E-state index contributed by atoms with van der Waals surface area (Å²) in [6, 6.07) is 7.62. The minimum atomic E-state index is -1.26. The van der Waals surface area contributed by atoms with E-state index in [-0.39, 0.29) is 5.95 Å². The van der Waals surface area contributed by atoms with Crippen LogP contribution in [-0.2, 0) is 4.74 Å². The van der Waals surface area contributed by atoms with Gasteiger partial charge in [0.25, 0.3) is 5.95 Å². The molecule has 34 heavy (non-hydrogen) atoms. The Morgan fingerprint density at radius 1 is 1.12 bits per heavy atom. The molecular weight excluding hydrogens is 442 g/mol. The molecule has 3 aromatic heterocycles. The van der Waals surface area contributed by atoms with Crippen molar-refractivity contribution in [1.82, 2.24) is 29.3 Å². The highest BCUT2D eigenvalue weighted by molar-refractivity contribution is 5.83. The van der Waals surface area contributed by atoms with Crippen LogP contribution in [0.25, 0.3) is 28.2 Å². The Labute approximate surface area is 194 Å². The number of imidazole rings is 1. The van der Waals surface area contributed by atoms with E-state index in [1.54, 1.807) is 18.0 Å². The Balaban J connectivity index is 1.56. The zero-order chi connectivity index (χ0) is 23.8. The summed E-state index contributed by atoms with van der Waals surface area (Å²) in [6.45, 7) is 2.11. The van der Waals surface area contributed by atoms with Crippen molar-refractivity contribution >= 4 is 17.0 Å². The summed E-state index contributed by atoms with van der Waals surface area (Å²) in [6.07, 6.45) is 0.613. The number of hydrogen-bond acceptors (Lipinski definition) is 10. The number of anilines is 1. The van der Waals surface area contributed by atoms with Crippen molar-refractivity contribution < 1.29 is 24.8 Å². The molecule has 1 aliphatic rings. The lowest BCUT2D eigenvalue weighted by molar-refractivity contribution is -0.0511. The third-order valence-electron chi connectivity index (χ3n) is 5.76. The molecule has 4 atom stereocenters. The smallest absolute Gasteiger partial charge is 0.254 e. The number of aliphatic hydroxyl groups excluding tert-OH is 3. The van der Waals surface area contributed by atoms with Crippen LogP contribution >= 0.6 is 0 Å². The minimum Gasteiger partial charge on any atom is -0.497 e. The second kappa shape index (κ2) is 8.99. The summed E-state index contributed by atoms with van der Waals surface area (Å²) in [5.41, 5.74) is 2.69. The quantitative estimate of drug-likeness (QED) is 0.306. The fourth-order valence-corrected chi connectivity index (χ4v) is 3.96. The summed E-state index contributed by atoms with van der Waals surface area (Å²) in [4.78, 5) is 13.6. The highest BCUT2D eigenvalue weighted by atomic mass is 16.6. The molecule has 1 fully saturated rings. The number of ether oxygens (including phenoxy) is 2. The molecule has 0 spiro atoms. The number of hydrogen-bond donors (Lipinski definition) is 4. The number of methoxy groups -OCH3 is 1. The second-order valence-electron chi connectivity index (χ2n) is 7.86. The van der Waals surface area contributed by atoms with E-state index in [1.807, 2.05) is 37.4 Å². The molecule has 4 N–H and O–H groups in total. The monoisotopic (exact) mass is 467 g/mol. The first kappa shape index (κ1) is 22.2. The molecule has 0 amide bonds. The number of benzene rings is 1. The van der Waals surface area contributed by atoms with Gasteiger partial charge in [-0.05, 0) is 24.6 Å². The standard InChI is InChI=1S/C22H25N7O5/c1-3-23-19-16-20(28(11-24-16)21-18(32)17(31)15(10-30)34-21)27-22(26-19)29-9-13(8-25-29)12-4-6-14(33-2)7-5-12/h4-9,11,15,17-18,21,30-32H,3,10H2,1-2H3,(H,23,26,27). The van der Waals surface area contributed by atoms with Crippen LogP contribution < -0.4 is 10.1 Å². The van der Waals surface area contributed by atoms with Crippen molar-refractivity contribution in [2.24, 2.45) is 0 Å². The van der Waals surface area contributed by atoms with E-state index in [0.717, 1.165) is 16.9 Å². The van der Waals surface area contributed by atoms with Crippen LogP contribution in [0.5, 0.6) is 5.75 Å². The van der Waals surface area contributed by atoms with Gasteiger partial charge in [0, 0.05) is 18.3 Å². The minimum absolute atomic E-state index is 0.289. The van der Waals surface area contributed by atoms with Crippen LogP contribution in [0.1, 0.15) is 13.2 Å². The number of nitrogens with one attached hydrogen (secondary N) is 1. The summed E-state index contributed by atoms with van der Waals surface area (Å²) in [5.74, 6) is 1.55. The maximum Gasteiger partial charge on any atom is 0.254 e. The van der Waals surface area contributed by atoms with Gasteiger partial charge in [0.2, 0.25) is 0 Å². The first-order valence-corrected chi connectivity index (χ1v) is 10.8. The molecule has 1 saturated heterocycles. The van der Waals surface area contributed by atoms with Gasteiger partial charge in [-0.3, -0.25) is 4.57 Å². The molecule has 5 rings (SSSR count). The van der Waals surface area contributed by atoms with Gasteiger partial charge in [-0.1, -0.05) is 12.1 Å². The Morgan fingerprint density at radius 3 is 2.59 bits per heavy atom. The van der Waals surface area contributed by atoms with Crippen LogP contribution in [0.15, 0.2) is 43.0 Å². The van der Waals surface area contributed by atoms with Crippen molar-refractivity contribution in [1.29, 1.82) is 0 Å². The second-order valence-corrected chi connectivity index (χ2v) is 7.86. The van der Waals surface area contributed by atoms with Gasteiger partial charge in [-0.2, -0.15) is 15.1 Å². The largest absolute Gasteiger partial charge is 0.497 e. The third kappa shape index (κ3) is 3.76. The van der Waals surface area contributed by atoms with Gasteiger partial charge in [-0.15, -0.1) is 0 Å². The first-order chi connectivity index (χ1) is 16.5. The van der Waals surface area contributed by atoms with Gasteiger partial charge in [0.15, 0.2) is 23.2 Å². The zero-order valence-electron chi connectivity index (χ0n) is 18.6. The van der Waals surface area contributed by atoms with Crippen LogP contribution in [0, 0.1) is 0 Å². The number of rotatable bonds is 7. The molecule has 1 aliphatic heterocycles. The summed E-state index contributed by atoms with van der Waals surface area (Å²) in [5, 5.41) is 37.7. The van der Waals surface area contributed by atoms with E-state index >= 15 is 0 Å². The van der Waals surface area contributed by atoms with Gasteiger partial charge in [0.05, 0.1) is 26.2 Å². The lowest BCUT2D eigenvalue weighted by Gasteiger charge is -2.17. The maximum absolute atomic E-state index is 10.5. The predicted octanol–water partition coefficient (Wildman–Crippen LogP) is 0.731. The van der Waals surface area contributed by atoms with Crippen molar-refractivity contribution in [3.8, 4) is 22.8 Å². The molecule has 178 valence electrons. The average Bonchev–Trinajstić information content (AvgIpc) is 3.58. The number of aromatic nitrogens is 6. The van der Waals surface area contributed by atoms with Crippen molar-refractivity contribution in [3.63, 3.8) is 0 Å². The van der Waals surface area contributed by atoms with Crippen molar-refractivity contribution in [2.45, 2.75) is 31.5 Å². The van der Waals surface area contributed by atoms with Gasteiger partial charge >= 0.3 is 0 Å². The van der Waals surface area contributed by atoms with Crippen LogP contribution in [0.3, 0.4) is 0 Å². The molecular formula is C22H25N7O5. The average molecular weight is 467 g/mol. The van der Waals surface area contributed by atoms with Crippen molar-refractivity contribution in [3.05, 3.63) is 43.0 Å². The molecule has 12 nitrogen and oxygen atoms in total. The summed E-state index contributed by atoms with van der Waals surface area (Å²) >= 11 is 0. The Morgan fingerprint density at radius 2 is 1.91 bits per heavy atom. The van der Waals surface area contributed by atoms with Gasteiger partial charge < -0.3 is 30.1 Å². The molecule has 0 aliphatic carbocycles. The SMILES string of the molecule is CCNc1nc(-n2cc(-c3ccc(OC)cc3)cn2)nc2c1ncn2C1OC(CO)C(O)C1O. The highest BCUT2D eigenvalue weighted by Crippen LogP contribution is 2.33. The van der Waals surface area contributed by atoms with Crippen molar-refractivity contribution in [2.75, 3.05) is 25.6 Å². The molecule has 0 radical (unpaired) electrons. The number of nitrogens with zero attached hydrogens (tertiary/aromatic N) is 6. The summed E-state index contributed by atoms with van der Waals surface area (Å²) in [7, 11) is 1.62. The van der Waals surface area contributed by atoms with E-state index < -0.39 is 31.1 Å². The predicted molar refractivity (Wildman–Crippen MR) is 122 cm³/mol. The highest BCUT2D eigenvalue weighted by Gasteiger charge is 2.44. The van der Waals surface area contributed by atoms with Crippen LogP contribution in [-0.4, -0.2) is 83.2 Å². The van der Waals surface area contributed by atoms with Crippen LogP contribution in [0.2, 0.25) is 0 Å². The fraction of sp³-hybridized carbons (Fsp3) is 0.364. The summed E-state index contributed by atoms with van der Waals surface area (Å²) < 4.78 is 14.0. The third-order valence-corrected chi connectivity index (χ3v) is 5.76. The lowest BCUT2D eigenvalue weighted by atomic mass is 10.1. The molecule has 4 heterocycles. The van der Waals surface area contributed by atoms with E-state index in [4.69, 9.17) is 9.47 Å². The van der Waals surface area contributed by atoms with E-state index in [1.165, 1.54) is 10.9 Å². The molecule has 0 saturated carbocycles. The fourth-order valence-electron chi connectivity index (χ4n) is 3.96. The topological polar surface area (TPSA) is 153 Å². The molecule has 4 aromatic rings. The Kier molecular flexibility index (Phi) is 5.87. The van der Waals surface area contributed by atoms with Crippen LogP contribution in [0.4, 0.5) is 5.82 Å². The molecule has 12 heteroatoms. The maximum atomic E-state index is 10.5. The lowest BCUT2D eigenvalue weighted by Crippen LogP contribution is -2.33. The number of fused-ring (bicyclic) bond motifs is 1. The van der Waals surface area contributed by atoms with E-state index in [9.17, 15) is 15.3 Å².